The minimum Gasteiger partial charge on any atom is -0.466 e. The predicted octanol–water partition coefficient (Wildman–Crippen LogP) is 6.31. The van der Waals surface area contributed by atoms with E-state index in [1.165, 1.54) is 6.20 Å². The third kappa shape index (κ3) is 7.43. The number of nitrogens with zero attached hydrogens (tertiary/aromatic N) is 5. The van der Waals surface area contributed by atoms with Gasteiger partial charge in [-0.2, -0.15) is 18.2 Å². The van der Waals surface area contributed by atoms with Gasteiger partial charge in [0.05, 0.1) is 24.6 Å². The zero-order valence-electron chi connectivity index (χ0n) is 27.1. The van der Waals surface area contributed by atoms with Crippen LogP contribution in [-0.4, -0.2) is 70.7 Å². The fourth-order valence-corrected chi connectivity index (χ4v) is 6.19. The highest BCUT2D eigenvalue weighted by molar-refractivity contribution is 6.03. The number of H-pyrrole nitrogens is 1. The summed E-state index contributed by atoms with van der Waals surface area (Å²) >= 11 is 0. The van der Waals surface area contributed by atoms with Gasteiger partial charge in [-0.25, -0.2) is 9.97 Å². The molecular weight excluding hydrogens is 627 g/mol. The number of aromatic nitrogens is 5. The first-order valence-electron chi connectivity index (χ1n) is 16.1. The number of hydrogen-bond donors (Lipinski definition) is 2. The molecule has 2 saturated carbocycles. The fourth-order valence-electron chi connectivity index (χ4n) is 6.19. The third-order valence-electron chi connectivity index (χ3n) is 8.93. The van der Waals surface area contributed by atoms with Crippen molar-refractivity contribution in [2.45, 2.75) is 64.0 Å². The monoisotopic (exact) mass is 665 g/mol. The number of carbonyl (C=O) groups excluding carboxylic acids is 2. The van der Waals surface area contributed by atoms with Crippen LogP contribution in [0.25, 0.3) is 22.4 Å². The van der Waals surface area contributed by atoms with Crippen LogP contribution in [0.15, 0.2) is 36.5 Å². The van der Waals surface area contributed by atoms with Crippen LogP contribution in [0.4, 0.5) is 24.8 Å². The number of anilines is 2. The maximum Gasteiger partial charge on any atom is 0.433 e. The van der Waals surface area contributed by atoms with E-state index in [4.69, 9.17) is 9.47 Å². The molecule has 1 amide bonds. The van der Waals surface area contributed by atoms with Crippen LogP contribution < -0.4 is 10.2 Å². The van der Waals surface area contributed by atoms with E-state index in [9.17, 15) is 22.8 Å². The van der Waals surface area contributed by atoms with Crippen molar-refractivity contribution >= 4 is 34.7 Å². The molecule has 0 spiro atoms. The second-order valence-corrected chi connectivity index (χ2v) is 12.7. The highest BCUT2D eigenvalue weighted by Gasteiger charge is 2.39. The van der Waals surface area contributed by atoms with Gasteiger partial charge < -0.3 is 19.4 Å². The van der Waals surface area contributed by atoms with E-state index < -0.39 is 17.8 Å². The Labute approximate surface area is 275 Å². The lowest BCUT2D eigenvalue weighted by molar-refractivity contribution is -0.143. The number of alkyl halides is 3. The van der Waals surface area contributed by atoms with Crippen molar-refractivity contribution in [3.05, 3.63) is 59.2 Å². The number of fused-ring (bicyclic) bond motifs is 1. The molecule has 0 atom stereocenters. The molecule has 4 aromatic rings. The fraction of sp³-hybridized carbons (Fsp3) is 0.471. The molecule has 0 unspecified atom stereocenters. The molecule has 4 aromatic heterocycles. The van der Waals surface area contributed by atoms with Crippen molar-refractivity contribution in [2.75, 3.05) is 44.1 Å². The summed E-state index contributed by atoms with van der Waals surface area (Å²) < 4.78 is 52.2. The predicted molar refractivity (Wildman–Crippen MR) is 173 cm³/mol. The summed E-state index contributed by atoms with van der Waals surface area (Å²) in [6.07, 6.45) is 2.22. The first kappa shape index (κ1) is 33.3. The number of ether oxygens (including phenoxy) is 2. The zero-order chi connectivity index (χ0) is 34.1. The Bertz CT molecular complexity index is 1800. The van der Waals surface area contributed by atoms with E-state index in [1.54, 1.807) is 38.3 Å². The molecule has 6 rings (SSSR count). The Morgan fingerprint density at radius 3 is 2.54 bits per heavy atom. The van der Waals surface area contributed by atoms with Gasteiger partial charge in [0.15, 0.2) is 5.65 Å². The molecule has 0 bridgehead atoms. The van der Waals surface area contributed by atoms with Gasteiger partial charge in [-0.1, -0.05) is 12.5 Å². The number of nitrogens with one attached hydrogen (secondary N) is 2. The number of halogens is 3. The maximum atomic E-state index is 13.9. The number of imidazole rings is 1. The highest BCUT2D eigenvalue weighted by atomic mass is 19.4. The van der Waals surface area contributed by atoms with Crippen molar-refractivity contribution in [1.82, 2.24) is 24.9 Å². The highest BCUT2D eigenvalue weighted by Crippen LogP contribution is 2.44. The number of aryl methyl sites for hydroxylation is 1. The number of aromatic amines is 1. The molecule has 14 heteroatoms. The van der Waals surface area contributed by atoms with E-state index in [2.05, 4.69) is 30.2 Å². The van der Waals surface area contributed by atoms with Gasteiger partial charge in [0.2, 0.25) is 5.95 Å². The van der Waals surface area contributed by atoms with E-state index in [-0.39, 0.29) is 41.0 Å². The summed E-state index contributed by atoms with van der Waals surface area (Å²) in [6, 6.07) is 7.74. The minimum absolute atomic E-state index is 0.00289. The molecule has 11 nitrogen and oxygen atoms in total. The van der Waals surface area contributed by atoms with Gasteiger partial charge in [-0.15, -0.1) is 0 Å². The van der Waals surface area contributed by atoms with E-state index in [0.717, 1.165) is 43.7 Å². The number of methoxy groups -OCH3 is 1. The number of pyridine rings is 3. The summed E-state index contributed by atoms with van der Waals surface area (Å²) in [7, 11) is 3.60. The van der Waals surface area contributed by atoms with Crippen LogP contribution in [0.5, 0.6) is 0 Å². The van der Waals surface area contributed by atoms with Crippen LogP contribution in [0.2, 0.25) is 0 Å². The molecule has 254 valence electrons. The van der Waals surface area contributed by atoms with Crippen LogP contribution >= 0.6 is 0 Å². The number of rotatable bonds is 13. The number of hydrogen-bond acceptors (Lipinski definition) is 9. The molecule has 0 saturated heterocycles. The van der Waals surface area contributed by atoms with Crippen LogP contribution in [0.3, 0.4) is 0 Å². The lowest BCUT2D eigenvalue weighted by atomic mass is 9.69. The van der Waals surface area contributed by atoms with E-state index in [1.807, 2.05) is 11.9 Å². The first-order valence-corrected chi connectivity index (χ1v) is 16.1. The van der Waals surface area contributed by atoms with Crippen molar-refractivity contribution in [3.8, 4) is 11.3 Å². The summed E-state index contributed by atoms with van der Waals surface area (Å²) in [5.41, 5.74) is 2.36. The molecular formula is C34H38F3N7O4. The Hall–Kier alpha value is -4.59. The van der Waals surface area contributed by atoms with Crippen LogP contribution in [0, 0.1) is 5.41 Å². The molecule has 2 N–H and O–H groups in total. The molecule has 48 heavy (non-hydrogen) atoms. The Balaban J connectivity index is 1.32. The molecule has 2 aliphatic rings. The number of amides is 1. The van der Waals surface area contributed by atoms with Crippen molar-refractivity contribution in [3.63, 3.8) is 0 Å². The Morgan fingerprint density at radius 1 is 1.12 bits per heavy atom. The van der Waals surface area contributed by atoms with E-state index >= 15 is 0 Å². The van der Waals surface area contributed by atoms with Crippen molar-refractivity contribution in [2.24, 2.45) is 5.41 Å². The molecule has 2 fully saturated rings. The maximum absolute atomic E-state index is 13.9. The summed E-state index contributed by atoms with van der Waals surface area (Å²) in [5.74, 6) is -0.715. The van der Waals surface area contributed by atoms with E-state index in [0.29, 0.717) is 54.3 Å². The summed E-state index contributed by atoms with van der Waals surface area (Å²) in [5, 5.41) is 2.73. The van der Waals surface area contributed by atoms with Crippen LogP contribution in [0.1, 0.15) is 78.8 Å². The normalized spacial score (nSPS) is 15.6. The second-order valence-electron chi connectivity index (χ2n) is 12.7. The number of carbonyl (C=O) groups is 2. The van der Waals surface area contributed by atoms with Gasteiger partial charge in [-0.05, 0) is 68.9 Å². The standard InChI is InChI=1S/C34H38F3N7O4/c1-4-48-28(45)11-7-20-6-10-23(38-17-20)31(46)43-32-41-29-26(44(2)18-33(19-47-3)12-5-13-33)16-25(40-30(29)42-32)22-14-24(21-8-9-21)39-27(15-22)34(35,36)37/h6,10,14-17,21H,4-5,7-9,11-13,18-19H2,1-3H3,(H2,40,41,42,43,46). The first-order chi connectivity index (χ1) is 23.0. The molecule has 0 radical (unpaired) electrons. The lowest BCUT2D eigenvalue weighted by Crippen LogP contribution is -2.44. The van der Waals surface area contributed by atoms with Gasteiger partial charge in [0, 0.05) is 55.9 Å². The topological polar surface area (TPSA) is 135 Å². The Kier molecular flexibility index (Phi) is 9.37. The third-order valence-corrected chi connectivity index (χ3v) is 8.93. The molecule has 0 aliphatic heterocycles. The largest absolute Gasteiger partial charge is 0.466 e. The van der Waals surface area contributed by atoms with Gasteiger partial charge in [-0.3, -0.25) is 19.9 Å². The molecule has 4 heterocycles. The van der Waals surface area contributed by atoms with Crippen molar-refractivity contribution < 1.29 is 32.2 Å². The lowest BCUT2D eigenvalue weighted by Gasteiger charge is -2.44. The van der Waals surface area contributed by atoms with Gasteiger partial charge >= 0.3 is 12.1 Å². The van der Waals surface area contributed by atoms with Gasteiger partial charge in [0.1, 0.15) is 16.9 Å². The average Bonchev–Trinajstić information content (AvgIpc) is 3.81. The Morgan fingerprint density at radius 2 is 1.92 bits per heavy atom. The van der Waals surface area contributed by atoms with Crippen LogP contribution in [-0.2, 0) is 26.9 Å². The quantitative estimate of drug-likeness (QED) is 0.158. The summed E-state index contributed by atoms with van der Waals surface area (Å²) in [4.78, 5) is 47.4. The smallest absolute Gasteiger partial charge is 0.433 e. The van der Waals surface area contributed by atoms with Gasteiger partial charge in [0.25, 0.3) is 5.91 Å². The number of esters is 1. The minimum atomic E-state index is -4.61. The second kappa shape index (κ2) is 13.5. The summed E-state index contributed by atoms with van der Waals surface area (Å²) in [6.45, 7) is 3.28. The average molecular weight is 666 g/mol. The van der Waals surface area contributed by atoms with Crippen molar-refractivity contribution in [1.29, 1.82) is 0 Å². The molecule has 0 aromatic carbocycles. The molecule has 2 aliphatic carbocycles. The zero-order valence-corrected chi connectivity index (χ0v) is 27.1. The SMILES string of the molecule is CCOC(=O)CCc1ccc(C(=O)Nc2nc3nc(-c4cc(C5CC5)nc(C(F)(F)F)c4)cc(N(C)CC4(COC)CCC4)c3[nH]2)nc1.